The summed E-state index contributed by atoms with van der Waals surface area (Å²) in [6.07, 6.45) is 0.351. The number of carboxylic acids is 1. The van der Waals surface area contributed by atoms with Crippen LogP contribution in [0, 0.1) is 5.41 Å². The molecule has 0 saturated carbocycles. The Hall–Kier alpha value is -5.09. The topological polar surface area (TPSA) is 180 Å². The number of hydrogen-bond donors (Lipinski definition) is 6. The van der Waals surface area contributed by atoms with E-state index in [0.29, 0.717) is 34.7 Å². The molecular weight excluding hydrogens is 544 g/mol. The van der Waals surface area contributed by atoms with Crippen LogP contribution in [0.3, 0.4) is 0 Å². The van der Waals surface area contributed by atoms with Gasteiger partial charge in [0.05, 0.1) is 17.7 Å². The molecule has 1 aromatic heterocycles. The zero-order valence-electron chi connectivity index (χ0n) is 22.0. The minimum absolute atomic E-state index is 0.0239. The fourth-order valence-corrected chi connectivity index (χ4v) is 4.48. The maximum Gasteiger partial charge on any atom is 0.335 e. The van der Waals surface area contributed by atoms with Gasteiger partial charge in [0.2, 0.25) is 5.91 Å². The first-order valence-corrected chi connectivity index (χ1v) is 13.0. The number of nitrogen functional groups attached to an aromatic ring is 2. The molecule has 41 heavy (non-hydrogen) atoms. The predicted octanol–water partition coefficient (Wildman–Crippen LogP) is 3.61. The molecule has 0 spiro atoms. The molecule has 0 aliphatic carbocycles. The number of carbonyl (C=O) groups is 2. The van der Waals surface area contributed by atoms with Crippen molar-refractivity contribution >= 4 is 35.0 Å². The molecule has 1 heterocycles. The van der Waals surface area contributed by atoms with E-state index in [-0.39, 0.29) is 47.1 Å². The summed E-state index contributed by atoms with van der Waals surface area (Å²) in [6.45, 7) is 0.562. The Morgan fingerprint density at radius 3 is 2.41 bits per heavy atom. The van der Waals surface area contributed by atoms with Crippen LogP contribution in [0.2, 0.25) is 5.02 Å². The molecule has 0 radical (unpaired) electrons. The number of nitrogens with zero attached hydrogens (tertiary/aromatic N) is 2. The molecule has 0 fully saturated rings. The number of anilines is 1. The van der Waals surface area contributed by atoms with E-state index in [0.717, 1.165) is 15.9 Å². The number of halogens is 1. The average Bonchev–Trinajstić information content (AvgIpc) is 2.93. The number of hydrogen-bond acceptors (Lipinski definition) is 6. The third-order valence-electron chi connectivity index (χ3n) is 6.34. The molecule has 0 unspecified atom stereocenters. The molecule has 0 aliphatic rings. The Labute approximate surface area is 241 Å². The SMILES string of the molecule is N=C(N)c1ccc(CNC(=O)Cc2c(-c3cc(N)cc(C(=O)O)c3)ccc(=NCCc3cccc(Cl)c3)n2O)cc1. The Kier molecular flexibility index (Phi) is 9.05. The van der Waals surface area contributed by atoms with Crippen LogP contribution in [0.15, 0.2) is 83.9 Å². The monoisotopic (exact) mass is 572 g/mol. The number of carbonyl (C=O) groups excluding carboxylic acids is 1. The van der Waals surface area contributed by atoms with Crippen molar-refractivity contribution in [2.75, 3.05) is 12.3 Å². The van der Waals surface area contributed by atoms with E-state index in [1.807, 2.05) is 18.2 Å². The maximum atomic E-state index is 13.0. The highest BCUT2D eigenvalue weighted by Crippen LogP contribution is 2.26. The van der Waals surface area contributed by atoms with Gasteiger partial charge in [-0.3, -0.25) is 15.2 Å². The molecule has 8 N–H and O–H groups in total. The Bertz CT molecular complexity index is 1680. The number of carboxylic acid groups (broad SMARTS) is 1. The van der Waals surface area contributed by atoms with E-state index in [1.165, 1.54) is 12.1 Å². The number of nitrogens with two attached hydrogens (primary N) is 2. The van der Waals surface area contributed by atoms with E-state index in [9.17, 15) is 19.9 Å². The highest BCUT2D eigenvalue weighted by Gasteiger charge is 2.17. The fourth-order valence-electron chi connectivity index (χ4n) is 4.27. The second-order valence-corrected chi connectivity index (χ2v) is 9.77. The van der Waals surface area contributed by atoms with Gasteiger partial charge in [-0.1, -0.05) is 48.0 Å². The smallest absolute Gasteiger partial charge is 0.335 e. The highest BCUT2D eigenvalue weighted by atomic mass is 35.5. The van der Waals surface area contributed by atoms with Crippen molar-refractivity contribution in [3.05, 3.63) is 117 Å². The van der Waals surface area contributed by atoms with Crippen LogP contribution in [-0.4, -0.2) is 39.3 Å². The van der Waals surface area contributed by atoms with Crippen LogP contribution in [0.1, 0.15) is 32.7 Å². The number of aromatic nitrogens is 1. The van der Waals surface area contributed by atoms with Crippen molar-refractivity contribution in [2.24, 2.45) is 10.7 Å². The van der Waals surface area contributed by atoms with Gasteiger partial charge in [-0.25, -0.2) is 4.79 Å². The van der Waals surface area contributed by atoms with Crippen LogP contribution < -0.4 is 22.3 Å². The minimum Gasteiger partial charge on any atom is -0.478 e. The lowest BCUT2D eigenvalue weighted by atomic mass is 9.99. The number of rotatable bonds is 10. The van der Waals surface area contributed by atoms with Crippen molar-refractivity contribution in [2.45, 2.75) is 19.4 Å². The zero-order valence-corrected chi connectivity index (χ0v) is 22.7. The summed E-state index contributed by atoms with van der Waals surface area (Å²) < 4.78 is 0.845. The lowest BCUT2D eigenvalue weighted by Gasteiger charge is -2.15. The van der Waals surface area contributed by atoms with E-state index in [1.54, 1.807) is 48.5 Å². The molecule has 11 heteroatoms. The quantitative estimate of drug-likeness (QED) is 0.0730. The lowest BCUT2D eigenvalue weighted by Crippen LogP contribution is -2.30. The summed E-state index contributed by atoms with van der Waals surface area (Å²) in [5, 5.41) is 31.6. The molecule has 210 valence electrons. The van der Waals surface area contributed by atoms with Crippen LogP contribution in [0.5, 0.6) is 0 Å². The molecule has 4 aromatic rings. The van der Waals surface area contributed by atoms with Crippen molar-refractivity contribution in [1.29, 1.82) is 5.41 Å². The van der Waals surface area contributed by atoms with Gasteiger partial charge >= 0.3 is 5.97 Å². The third kappa shape index (κ3) is 7.52. The van der Waals surface area contributed by atoms with E-state index in [2.05, 4.69) is 10.3 Å². The first kappa shape index (κ1) is 28.9. The predicted molar refractivity (Wildman–Crippen MR) is 157 cm³/mol. The van der Waals surface area contributed by atoms with Gasteiger partial charge in [0.25, 0.3) is 0 Å². The first-order valence-electron chi connectivity index (χ1n) is 12.6. The van der Waals surface area contributed by atoms with E-state index < -0.39 is 5.97 Å². The third-order valence-corrected chi connectivity index (χ3v) is 6.58. The molecule has 4 rings (SSSR count). The number of nitrogens with one attached hydrogen (secondary N) is 2. The van der Waals surface area contributed by atoms with Crippen LogP contribution in [0.4, 0.5) is 5.69 Å². The Balaban J connectivity index is 1.64. The van der Waals surface area contributed by atoms with Gasteiger partial charge in [-0.05, 0) is 65.6 Å². The van der Waals surface area contributed by atoms with Gasteiger partial charge in [-0.2, -0.15) is 4.73 Å². The molecular formula is C30H29ClN6O4. The lowest BCUT2D eigenvalue weighted by molar-refractivity contribution is -0.120. The molecule has 10 nitrogen and oxygen atoms in total. The largest absolute Gasteiger partial charge is 0.478 e. The molecule has 3 aromatic carbocycles. The number of amidine groups is 1. The van der Waals surface area contributed by atoms with E-state index in [4.69, 9.17) is 28.5 Å². The highest BCUT2D eigenvalue weighted by molar-refractivity contribution is 6.30. The average molecular weight is 573 g/mol. The van der Waals surface area contributed by atoms with Gasteiger partial charge in [0.1, 0.15) is 5.84 Å². The van der Waals surface area contributed by atoms with Gasteiger partial charge in [0.15, 0.2) is 5.49 Å². The fraction of sp³-hybridized carbons (Fsp3) is 0.133. The summed E-state index contributed by atoms with van der Waals surface area (Å²) in [7, 11) is 0. The van der Waals surface area contributed by atoms with Crippen LogP contribution >= 0.6 is 11.6 Å². The molecule has 0 atom stereocenters. The maximum absolute atomic E-state index is 13.0. The van der Waals surface area contributed by atoms with Crippen molar-refractivity contribution in [3.8, 4) is 11.1 Å². The number of pyridine rings is 1. The first-order chi connectivity index (χ1) is 19.6. The number of aromatic carboxylic acids is 1. The normalized spacial score (nSPS) is 11.3. The van der Waals surface area contributed by atoms with E-state index >= 15 is 0 Å². The Morgan fingerprint density at radius 2 is 1.73 bits per heavy atom. The van der Waals surface area contributed by atoms with Crippen molar-refractivity contribution in [3.63, 3.8) is 0 Å². The second kappa shape index (κ2) is 12.8. The second-order valence-electron chi connectivity index (χ2n) is 9.34. The van der Waals surface area contributed by atoms with Gasteiger partial charge < -0.3 is 27.1 Å². The molecule has 0 bridgehead atoms. The van der Waals surface area contributed by atoms with Crippen molar-refractivity contribution in [1.82, 2.24) is 10.0 Å². The number of benzene rings is 3. The molecule has 1 amide bonds. The van der Waals surface area contributed by atoms with Crippen molar-refractivity contribution < 1.29 is 19.9 Å². The zero-order chi connectivity index (χ0) is 29.5. The van der Waals surface area contributed by atoms with Crippen LogP contribution in [-0.2, 0) is 24.2 Å². The van der Waals surface area contributed by atoms with Crippen LogP contribution in [0.25, 0.3) is 11.1 Å². The summed E-state index contributed by atoms with van der Waals surface area (Å²) >= 11 is 6.06. The summed E-state index contributed by atoms with van der Waals surface area (Å²) in [6, 6.07) is 21.9. The standard InChI is InChI=1S/C30H29ClN6O4/c31-23-3-1-2-18(12-23)10-11-35-27-9-8-25(21-13-22(30(39)40)15-24(32)14-21)26(37(27)41)16-28(38)36-17-19-4-6-20(7-5-19)29(33)34/h1-9,12-15,41H,10-11,16-17,32H2,(H3,33,34)(H,36,38)(H,39,40). The minimum atomic E-state index is -1.15. The summed E-state index contributed by atoms with van der Waals surface area (Å²) in [5.41, 5.74) is 15.3. The number of amides is 1. The van der Waals surface area contributed by atoms with Gasteiger partial charge in [-0.15, -0.1) is 0 Å². The summed E-state index contributed by atoms with van der Waals surface area (Å²) in [5.74, 6) is -1.59. The molecule has 0 aliphatic heterocycles. The van der Waals surface area contributed by atoms with Gasteiger partial charge in [0, 0.05) is 34.9 Å². The summed E-state index contributed by atoms with van der Waals surface area (Å²) in [4.78, 5) is 29.2. The Morgan fingerprint density at radius 1 is 0.976 bits per heavy atom. The molecule has 0 saturated heterocycles.